The van der Waals surface area contributed by atoms with Gasteiger partial charge in [0.1, 0.15) is 4.90 Å². The molecule has 0 N–H and O–H groups in total. The molecule has 0 fully saturated rings. The van der Waals surface area contributed by atoms with E-state index in [0.717, 1.165) is 22.0 Å². The van der Waals surface area contributed by atoms with Crippen LogP contribution in [0.1, 0.15) is 22.3 Å². The Morgan fingerprint density at radius 2 is 1.59 bits per heavy atom. The Bertz CT molecular complexity index is 1320. The number of amides is 2. The van der Waals surface area contributed by atoms with E-state index in [4.69, 9.17) is 0 Å². The number of hydrogen-bond donors (Lipinski definition) is 0. The first-order chi connectivity index (χ1) is 15.0. The number of rotatable bonds is 3. The van der Waals surface area contributed by atoms with Crippen molar-refractivity contribution in [3.8, 4) is 0 Å². The Kier molecular flexibility index (Phi) is 5.24. The van der Waals surface area contributed by atoms with Crippen LogP contribution in [0.5, 0.6) is 0 Å². The molecule has 0 saturated carbocycles. The zero-order valence-corrected chi connectivity index (χ0v) is 18.0. The van der Waals surface area contributed by atoms with Gasteiger partial charge in [0.25, 0.3) is 10.0 Å². The van der Waals surface area contributed by atoms with E-state index in [0.29, 0.717) is 5.56 Å². The quantitative estimate of drug-likeness (QED) is 0.507. The van der Waals surface area contributed by atoms with E-state index in [2.05, 4.69) is 0 Å². The van der Waals surface area contributed by atoms with E-state index in [-0.39, 0.29) is 28.4 Å². The van der Waals surface area contributed by atoms with Crippen molar-refractivity contribution in [3.63, 3.8) is 0 Å². The van der Waals surface area contributed by atoms with E-state index in [1.807, 2.05) is 6.92 Å². The molecule has 3 aromatic rings. The number of hydrogen-bond acceptors (Lipinski definition) is 3. The number of para-hydroxylation sites is 1. The second-order valence-electron chi connectivity index (χ2n) is 7.59. The van der Waals surface area contributed by atoms with E-state index in [1.165, 1.54) is 35.2 Å². The number of anilines is 2. The summed E-state index contributed by atoms with van der Waals surface area (Å²) in [7, 11) is -4.21. The first kappa shape index (κ1) is 21.9. The molecule has 0 aromatic heterocycles. The Morgan fingerprint density at radius 3 is 2.28 bits per heavy atom. The minimum absolute atomic E-state index is 0.0912. The standard InChI is InChI=1S/C23H19F3N2O3S/c1-15-10-11-19(16(2)12-15)28-22(29)27(20-8-3-4-9-21(20)32(28,30)31)14-17-6-5-7-18(13-17)23(24,25)26/h3-13H,14H2,1-2H3. The summed E-state index contributed by atoms with van der Waals surface area (Å²) in [5.41, 5.74) is 1.18. The van der Waals surface area contributed by atoms with Crippen LogP contribution in [0.15, 0.2) is 71.6 Å². The second kappa shape index (κ2) is 7.67. The summed E-state index contributed by atoms with van der Waals surface area (Å²) in [6.45, 7) is 3.32. The van der Waals surface area contributed by atoms with Gasteiger partial charge in [-0.3, -0.25) is 4.90 Å². The summed E-state index contributed by atoms with van der Waals surface area (Å²) in [5, 5.41) is 0. The van der Waals surface area contributed by atoms with Gasteiger partial charge >= 0.3 is 12.2 Å². The predicted octanol–water partition coefficient (Wildman–Crippen LogP) is 5.66. The highest BCUT2D eigenvalue weighted by Gasteiger charge is 2.43. The number of sulfonamides is 1. The fourth-order valence-electron chi connectivity index (χ4n) is 3.76. The van der Waals surface area contributed by atoms with Gasteiger partial charge in [0.15, 0.2) is 0 Å². The van der Waals surface area contributed by atoms with Crippen molar-refractivity contribution >= 4 is 27.4 Å². The molecule has 0 aliphatic carbocycles. The second-order valence-corrected chi connectivity index (χ2v) is 9.35. The molecule has 9 heteroatoms. The molecule has 166 valence electrons. The molecular weight excluding hydrogens is 441 g/mol. The Hall–Kier alpha value is -3.33. The summed E-state index contributed by atoms with van der Waals surface area (Å²) in [5.74, 6) is 0. The highest BCUT2D eigenvalue weighted by atomic mass is 32.2. The molecule has 0 radical (unpaired) electrons. The number of aryl methyl sites for hydroxylation is 2. The molecule has 3 aromatic carbocycles. The van der Waals surface area contributed by atoms with Crippen LogP contribution in [-0.4, -0.2) is 14.4 Å². The lowest BCUT2D eigenvalue weighted by Crippen LogP contribution is -2.51. The number of urea groups is 1. The maximum Gasteiger partial charge on any atom is 0.416 e. The third kappa shape index (κ3) is 3.73. The van der Waals surface area contributed by atoms with Crippen LogP contribution in [0, 0.1) is 13.8 Å². The smallest absolute Gasteiger partial charge is 0.287 e. The molecule has 5 nitrogen and oxygen atoms in total. The van der Waals surface area contributed by atoms with Crippen LogP contribution in [-0.2, 0) is 22.7 Å². The first-order valence-electron chi connectivity index (χ1n) is 9.69. The molecule has 4 rings (SSSR count). The molecule has 32 heavy (non-hydrogen) atoms. The van der Waals surface area contributed by atoms with Gasteiger partial charge in [-0.15, -0.1) is 0 Å². The minimum Gasteiger partial charge on any atom is -0.287 e. The zero-order valence-electron chi connectivity index (χ0n) is 17.2. The van der Waals surface area contributed by atoms with Crippen molar-refractivity contribution in [2.45, 2.75) is 31.5 Å². The van der Waals surface area contributed by atoms with Crippen molar-refractivity contribution in [1.29, 1.82) is 0 Å². The number of fused-ring (bicyclic) bond motifs is 1. The zero-order chi connectivity index (χ0) is 23.3. The van der Waals surface area contributed by atoms with Gasteiger partial charge in [-0.2, -0.15) is 17.5 Å². The lowest BCUT2D eigenvalue weighted by molar-refractivity contribution is -0.137. The van der Waals surface area contributed by atoms with E-state index in [1.54, 1.807) is 31.2 Å². The van der Waals surface area contributed by atoms with Gasteiger partial charge in [0.05, 0.1) is 23.5 Å². The van der Waals surface area contributed by atoms with Crippen molar-refractivity contribution in [3.05, 3.63) is 89.0 Å². The van der Waals surface area contributed by atoms with Crippen molar-refractivity contribution in [1.82, 2.24) is 0 Å². The van der Waals surface area contributed by atoms with Gasteiger partial charge in [-0.05, 0) is 55.3 Å². The van der Waals surface area contributed by atoms with Crippen LogP contribution < -0.4 is 9.21 Å². The van der Waals surface area contributed by atoms with Crippen LogP contribution in [0.4, 0.5) is 29.3 Å². The molecule has 0 unspecified atom stereocenters. The van der Waals surface area contributed by atoms with Crippen molar-refractivity contribution in [2.24, 2.45) is 0 Å². The summed E-state index contributed by atoms with van der Waals surface area (Å²) in [6.07, 6.45) is -4.53. The highest BCUT2D eigenvalue weighted by Crippen LogP contribution is 2.39. The SMILES string of the molecule is Cc1ccc(N2C(=O)N(Cc3cccc(C(F)(F)F)c3)c3ccccc3S2(=O)=O)c(C)c1. The van der Waals surface area contributed by atoms with Crippen LogP contribution in [0.3, 0.4) is 0 Å². The summed E-state index contributed by atoms with van der Waals surface area (Å²) >= 11 is 0. The van der Waals surface area contributed by atoms with Gasteiger partial charge < -0.3 is 0 Å². The van der Waals surface area contributed by atoms with E-state index in [9.17, 15) is 26.4 Å². The lowest BCUT2D eigenvalue weighted by atomic mass is 10.1. The maximum absolute atomic E-state index is 13.5. The number of carbonyl (C=O) groups excluding carboxylic acids is 1. The summed E-state index contributed by atoms with van der Waals surface area (Å²) in [4.78, 5) is 14.6. The van der Waals surface area contributed by atoms with Crippen LogP contribution >= 0.6 is 0 Å². The first-order valence-corrected chi connectivity index (χ1v) is 11.1. The molecule has 2 amide bonds. The molecule has 0 spiro atoms. The van der Waals surface area contributed by atoms with E-state index >= 15 is 0 Å². The molecular formula is C23H19F3N2O3S. The van der Waals surface area contributed by atoms with Crippen LogP contribution in [0.25, 0.3) is 0 Å². The van der Waals surface area contributed by atoms with Gasteiger partial charge in [-0.1, -0.05) is 42.0 Å². The average Bonchev–Trinajstić information content (AvgIpc) is 2.72. The number of alkyl halides is 3. The fourth-order valence-corrected chi connectivity index (χ4v) is 5.42. The number of carbonyl (C=O) groups is 1. The number of benzene rings is 3. The Labute approximate surface area is 183 Å². The largest absolute Gasteiger partial charge is 0.416 e. The monoisotopic (exact) mass is 460 g/mol. The fraction of sp³-hybridized carbons (Fsp3) is 0.174. The maximum atomic E-state index is 13.5. The lowest BCUT2D eigenvalue weighted by Gasteiger charge is -2.37. The molecule has 1 aliphatic rings. The third-order valence-corrected chi connectivity index (χ3v) is 6.98. The number of nitrogens with zero attached hydrogens (tertiary/aromatic N) is 2. The molecule has 1 heterocycles. The summed E-state index contributed by atoms with van der Waals surface area (Å²) in [6, 6.07) is 14.8. The van der Waals surface area contributed by atoms with Crippen LogP contribution in [0.2, 0.25) is 0 Å². The Morgan fingerprint density at radius 1 is 0.875 bits per heavy atom. The van der Waals surface area contributed by atoms with Gasteiger partial charge in [0.2, 0.25) is 0 Å². The molecule has 0 saturated heterocycles. The van der Waals surface area contributed by atoms with Gasteiger partial charge in [0, 0.05) is 0 Å². The normalized spacial score (nSPS) is 15.6. The van der Waals surface area contributed by atoms with E-state index < -0.39 is 27.8 Å². The third-order valence-electron chi connectivity index (χ3n) is 5.25. The minimum atomic E-state index is -4.53. The van der Waals surface area contributed by atoms with Gasteiger partial charge in [-0.25, -0.2) is 13.2 Å². The average molecular weight is 460 g/mol. The summed E-state index contributed by atoms with van der Waals surface area (Å²) < 4.78 is 66.9. The molecule has 0 atom stereocenters. The topological polar surface area (TPSA) is 57.7 Å². The van der Waals surface area contributed by atoms with Crippen molar-refractivity contribution in [2.75, 3.05) is 9.21 Å². The predicted molar refractivity (Wildman–Crippen MR) is 115 cm³/mol. The Balaban J connectivity index is 1.85. The number of halogens is 3. The highest BCUT2D eigenvalue weighted by molar-refractivity contribution is 7.94. The molecule has 0 bridgehead atoms. The molecule has 1 aliphatic heterocycles. The van der Waals surface area contributed by atoms with Crippen molar-refractivity contribution < 1.29 is 26.4 Å².